The average Bonchev–Trinajstić information content (AvgIpc) is 2.93. The van der Waals surface area contributed by atoms with E-state index in [4.69, 9.17) is 5.73 Å². The van der Waals surface area contributed by atoms with Crippen LogP contribution in [0.3, 0.4) is 0 Å². The van der Waals surface area contributed by atoms with Crippen LogP contribution in [0.1, 0.15) is 34.3 Å². The number of pyridine rings is 1. The zero-order chi connectivity index (χ0) is 18.8. The lowest BCUT2D eigenvalue weighted by atomic mass is 10.2. The van der Waals surface area contributed by atoms with Crippen molar-refractivity contribution in [1.82, 2.24) is 4.98 Å². The Labute approximate surface area is 154 Å². The van der Waals surface area contributed by atoms with Gasteiger partial charge < -0.3 is 11.1 Å². The van der Waals surface area contributed by atoms with Crippen LogP contribution in [-0.4, -0.2) is 15.8 Å². The Morgan fingerprint density at radius 3 is 2.81 bits per heavy atom. The van der Waals surface area contributed by atoms with Crippen molar-refractivity contribution in [3.63, 3.8) is 0 Å². The summed E-state index contributed by atoms with van der Waals surface area (Å²) in [5.74, 6) is -0.402. The van der Waals surface area contributed by atoms with E-state index in [1.807, 2.05) is 12.1 Å². The molecule has 1 amide bonds. The third kappa shape index (κ3) is 3.36. The number of nitrogens with two attached hydrogens (primary N) is 1. The van der Waals surface area contributed by atoms with E-state index < -0.39 is 10.8 Å². The first kappa shape index (κ1) is 17.8. The highest BCUT2D eigenvalue weighted by Gasteiger charge is 2.19. The quantitative estimate of drug-likeness (QED) is 0.514. The van der Waals surface area contributed by atoms with E-state index in [1.54, 1.807) is 19.1 Å². The number of fused-ring (bicyclic) bond motifs is 1. The molecule has 0 radical (unpaired) electrons. The summed E-state index contributed by atoms with van der Waals surface area (Å²) in [5.41, 5.74) is 8.29. The number of carbonyl (C=O) groups excluding carboxylic acids is 1. The molecule has 3 rings (SSSR count). The van der Waals surface area contributed by atoms with Crippen molar-refractivity contribution in [2.24, 2.45) is 0 Å². The number of nitro benzene ring substituents is 1. The first-order valence-electron chi connectivity index (χ1n) is 8.15. The molecule has 7 nitrogen and oxygen atoms in total. The van der Waals surface area contributed by atoms with Crippen LogP contribution in [-0.2, 0) is 6.42 Å². The highest BCUT2D eigenvalue weighted by Crippen LogP contribution is 2.33. The number of aromatic nitrogens is 1. The SMILES string of the molecule is CCCc1ccc2c(N)c(C(=O)Nc3ccc(C)c([N+](=O)[O-])c3)sc2n1. The monoisotopic (exact) mass is 370 g/mol. The molecule has 0 aliphatic heterocycles. The smallest absolute Gasteiger partial charge is 0.274 e. The minimum absolute atomic E-state index is 0.0435. The fraction of sp³-hybridized carbons (Fsp3) is 0.222. The summed E-state index contributed by atoms with van der Waals surface area (Å²) in [6.45, 7) is 3.72. The van der Waals surface area contributed by atoms with Gasteiger partial charge in [-0.3, -0.25) is 14.9 Å². The normalized spacial score (nSPS) is 10.8. The fourth-order valence-corrected chi connectivity index (χ4v) is 3.68. The number of hydrogen-bond acceptors (Lipinski definition) is 6. The Kier molecular flexibility index (Phi) is 4.85. The summed E-state index contributed by atoms with van der Waals surface area (Å²) in [6, 6.07) is 8.36. The van der Waals surface area contributed by atoms with Gasteiger partial charge in [-0.1, -0.05) is 19.4 Å². The maximum atomic E-state index is 12.6. The van der Waals surface area contributed by atoms with Crippen LogP contribution in [0.4, 0.5) is 17.1 Å². The molecule has 1 aromatic carbocycles. The molecule has 0 aliphatic carbocycles. The number of amides is 1. The predicted octanol–water partition coefficient (Wildman–Crippen LogP) is 4.30. The van der Waals surface area contributed by atoms with Gasteiger partial charge in [-0.15, -0.1) is 11.3 Å². The van der Waals surface area contributed by atoms with Crippen LogP contribution in [0.5, 0.6) is 0 Å². The third-order valence-electron chi connectivity index (χ3n) is 4.03. The van der Waals surface area contributed by atoms with E-state index in [0.717, 1.165) is 23.9 Å². The van der Waals surface area contributed by atoms with Crippen LogP contribution >= 0.6 is 11.3 Å². The van der Waals surface area contributed by atoms with Crippen molar-refractivity contribution >= 4 is 44.5 Å². The first-order valence-corrected chi connectivity index (χ1v) is 8.96. The van der Waals surface area contributed by atoms with Crippen molar-refractivity contribution < 1.29 is 9.72 Å². The number of anilines is 2. The van der Waals surface area contributed by atoms with Crippen LogP contribution in [0.15, 0.2) is 30.3 Å². The lowest BCUT2D eigenvalue weighted by molar-refractivity contribution is -0.385. The molecule has 0 fully saturated rings. The second kappa shape index (κ2) is 7.09. The molecule has 0 aliphatic rings. The van der Waals surface area contributed by atoms with Crippen molar-refractivity contribution in [3.8, 4) is 0 Å². The van der Waals surface area contributed by atoms with Gasteiger partial charge in [-0.05, 0) is 31.5 Å². The number of carbonyl (C=O) groups is 1. The van der Waals surface area contributed by atoms with E-state index in [0.29, 0.717) is 26.6 Å². The zero-order valence-corrected chi connectivity index (χ0v) is 15.2. The summed E-state index contributed by atoms with van der Waals surface area (Å²) in [6.07, 6.45) is 1.85. The van der Waals surface area contributed by atoms with Gasteiger partial charge in [-0.2, -0.15) is 0 Å². The number of aryl methyl sites for hydroxylation is 2. The largest absolute Gasteiger partial charge is 0.397 e. The lowest BCUT2D eigenvalue weighted by Crippen LogP contribution is -2.12. The van der Waals surface area contributed by atoms with Crippen LogP contribution < -0.4 is 11.1 Å². The summed E-state index contributed by atoms with van der Waals surface area (Å²) >= 11 is 1.22. The molecule has 0 unspecified atom stereocenters. The van der Waals surface area contributed by atoms with E-state index in [1.165, 1.54) is 17.4 Å². The number of benzene rings is 1. The molecule has 8 heteroatoms. The molecular formula is C18H18N4O3S. The van der Waals surface area contributed by atoms with Crippen molar-refractivity contribution in [2.45, 2.75) is 26.7 Å². The average molecular weight is 370 g/mol. The van der Waals surface area contributed by atoms with Gasteiger partial charge in [0.2, 0.25) is 0 Å². The maximum absolute atomic E-state index is 12.6. The standard InChI is InChI=1S/C18H18N4O3S/c1-3-4-11-7-8-13-15(19)16(26-18(13)21-11)17(23)20-12-6-5-10(2)14(9-12)22(24)25/h5-9H,3-4,19H2,1-2H3,(H,20,23). The Balaban J connectivity index is 1.91. The molecule has 0 saturated carbocycles. The van der Waals surface area contributed by atoms with Gasteiger partial charge >= 0.3 is 0 Å². The van der Waals surface area contributed by atoms with Crippen molar-refractivity contribution in [3.05, 3.63) is 56.6 Å². The lowest BCUT2D eigenvalue weighted by Gasteiger charge is -2.05. The van der Waals surface area contributed by atoms with Gasteiger partial charge in [-0.25, -0.2) is 4.98 Å². The molecule has 3 aromatic rings. The number of nitrogens with one attached hydrogen (secondary N) is 1. The second-order valence-corrected chi connectivity index (χ2v) is 6.96. The van der Waals surface area contributed by atoms with E-state index in [2.05, 4.69) is 17.2 Å². The Bertz CT molecular complexity index is 1010. The Morgan fingerprint density at radius 1 is 1.35 bits per heavy atom. The molecule has 2 heterocycles. The Hall–Kier alpha value is -3.00. The summed E-state index contributed by atoms with van der Waals surface area (Å²) < 4.78 is 0. The molecule has 0 spiro atoms. The van der Waals surface area contributed by atoms with Crippen molar-refractivity contribution in [1.29, 1.82) is 0 Å². The van der Waals surface area contributed by atoms with E-state index in [9.17, 15) is 14.9 Å². The van der Waals surface area contributed by atoms with Gasteiger partial charge in [0.05, 0.1) is 10.6 Å². The minimum Gasteiger partial charge on any atom is -0.397 e. The van der Waals surface area contributed by atoms with Gasteiger partial charge in [0.15, 0.2) is 0 Å². The first-order chi connectivity index (χ1) is 12.4. The molecule has 26 heavy (non-hydrogen) atoms. The Morgan fingerprint density at radius 2 is 2.12 bits per heavy atom. The van der Waals surface area contributed by atoms with Crippen LogP contribution in [0.2, 0.25) is 0 Å². The molecule has 134 valence electrons. The summed E-state index contributed by atoms with van der Waals surface area (Å²) in [5, 5.41) is 14.5. The molecule has 3 N–H and O–H groups in total. The van der Waals surface area contributed by atoms with Gasteiger partial charge in [0.1, 0.15) is 9.71 Å². The second-order valence-electron chi connectivity index (χ2n) is 5.96. The van der Waals surface area contributed by atoms with Crippen LogP contribution in [0, 0.1) is 17.0 Å². The number of hydrogen-bond donors (Lipinski definition) is 2. The number of nitrogen functional groups attached to an aromatic ring is 1. The third-order valence-corrected chi connectivity index (χ3v) is 5.14. The van der Waals surface area contributed by atoms with E-state index >= 15 is 0 Å². The molecule has 0 saturated heterocycles. The zero-order valence-electron chi connectivity index (χ0n) is 14.4. The number of nitro groups is 1. The minimum atomic E-state index is -0.474. The summed E-state index contributed by atoms with van der Waals surface area (Å²) in [7, 11) is 0. The van der Waals surface area contributed by atoms with Gasteiger partial charge in [0.25, 0.3) is 11.6 Å². The topological polar surface area (TPSA) is 111 Å². The molecule has 2 aromatic heterocycles. The predicted molar refractivity (Wildman–Crippen MR) is 104 cm³/mol. The highest BCUT2D eigenvalue weighted by molar-refractivity contribution is 7.21. The summed E-state index contributed by atoms with van der Waals surface area (Å²) in [4.78, 5) is 28.8. The van der Waals surface area contributed by atoms with E-state index in [-0.39, 0.29) is 5.69 Å². The number of thiophene rings is 1. The fourth-order valence-electron chi connectivity index (χ4n) is 2.67. The molecule has 0 bridgehead atoms. The van der Waals surface area contributed by atoms with Crippen molar-refractivity contribution in [2.75, 3.05) is 11.1 Å². The van der Waals surface area contributed by atoms with Gasteiger partial charge in [0, 0.05) is 28.4 Å². The molecule has 0 atom stereocenters. The van der Waals surface area contributed by atoms with Crippen LogP contribution in [0.25, 0.3) is 10.2 Å². The number of nitrogens with zero attached hydrogens (tertiary/aromatic N) is 2. The highest BCUT2D eigenvalue weighted by atomic mass is 32.1. The number of rotatable bonds is 5. The molecular weight excluding hydrogens is 352 g/mol. The maximum Gasteiger partial charge on any atom is 0.274 e.